The van der Waals surface area contributed by atoms with E-state index in [0.717, 1.165) is 46.2 Å². The molecule has 2 amide bonds. The third kappa shape index (κ3) is 4.37. The number of hydrogen-bond donors (Lipinski definition) is 1. The summed E-state index contributed by atoms with van der Waals surface area (Å²) in [6, 6.07) is 28.9. The molecule has 1 atom stereocenters. The van der Waals surface area contributed by atoms with Crippen LogP contribution in [0, 0.1) is 0 Å². The molecule has 0 aliphatic carbocycles. The van der Waals surface area contributed by atoms with Gasteiger partial charge in [0.25, 0.3) is 0 Å². The predicted molar refractivity (Wildman–Crippen MR) is 155 cm³/mol. The van der Waals surface area contributed by atoms with E-state index in [4.69, 9.17) is 14.6 Å². The van der Waals surface area contributed by atoms with Crippen LogP contribution in [0.3, 0.4) is 0 Å². The first-order valence-corrected chi connectivity index (χ1v) is 13.3. The standard InChI is InChI=1S/C32H31N5O3/c1-4-26-25-21-36(32(38)33-27-16-8-9-18-29(27)40-3)30(22-12-10-15-24(20-22)39-2)28-17-11-19-35(28)31(25)37(34-26)23-13-6-5-7-14-23/h5-20,30H,4,21H2,1-3H3,(H,33,38)/t30-/m1/s1. The molecule has 8 nitrogen and oxygen atoms in total. The number of amides is 2. The van der Waals surface area contributed by atoms with Crippen LogP contribution in [0.25, 0.3) is 11.5 Å². The van der Waals surface area contributed by atoms with E-state index in [1.54, 1.807) is 14.2 Å². The summed E-state index contributed by atoms with van der Waals surface area (Å²) in [6.07, 6.45) is 2.77. The molecular formula is C32H31N5O3. The number of benzene rings is 3. The maximum Gasteiger partial charge on any atom is 0.323 e. The number of carbonyl (C=O) groups is 1. The number of aromatic nitrogens is 3. The fourth-order valence-electron chi connectivity index (χ4n) is 5.45. The number of anilines is 1. The van der Waals surface area contributed by atoms with Crippen LogP contribution in [-0.4, -0.2) is 39.5 Å². The van der Waals surface area contributed by atoms with Gasteiger partial charge in [-0.3, -0.25) is 0 Å². The quantitative estimate of drug-likeness (QED) is 0.275. The highest BCUT2D eigenvalue weighted by molar-refractivity contribution is 5.91. The third-order valence-corrected chi connectivity index (χ3v) is 7.32. The Bertz CT molecular complexity index is 1660. The van der Waals surface area contributed by atoms with Crippen molar-refractivity contribution in [3.05, 3.63) is 120 Å². The average Bonchev–Trinajstić information content (AvgIpc) is 3.59. The van der Waals surface area contributed by atoms with Gasteiger partial charge in [-0.25, -0.2) is 9.48 Å². The van der Waals surface area contributed by atoms with Crippen molar-refractivity contribution in [3.8, 4) is 23.0 Å². The molecular weight excluding hydrogens is 502 g/mol. The molecule has 0 radical (unpaired) electrons. The Morgan fingerprint density at radius 3 is 2.52 bits per heavy atom. The summed E-state index contributed by atoms with van der Waals surface area (Å²) >= 11 is 0. The van der Waals surface area contributed by atoms with Crippen molar-refractivity contribution in [1.82, 2.24) is 19.2 Å². The van der Waals surface area contributed by atoms with Gasteiger partial charge in [0.2, 0.25) is 0 Å². The molecule has 0 unspecified atom stereocenters. The number of para-hydroxylation sites is 3. The monoisotopic (exact) mass is 533 g/mol. The van der Waals surface area contributed by atoms with Crippen LogP contribution in [0.5, 0.6) is 11.5 Å². The van der Waals surface area contributed by atoms with E-state index in [2.05, 4.69) is 22.9 Å². The van der Waals surface area contributed by atoms with Crippen molar-refractivity contribution >= 4 is 11.7 Å². The number of nitrogens with zero attached hydrogens (tertiary/aromatic N) is 4. The maximum atomic E-state index is 14.2. The average molecular weight is 534 g/mol. The van der Waals surface area contributed by atoms with Crippen LogP contribution < -0.4 is 14.8 Å². The van der Waals surface area contributed by atoms with E-state index >= 15 is 0 Å². The van der Waals surface area contributed by atoms with Gasteiger partial charge in [0, 0.05) is 11.8 Å². The zero-order chi connectivity index (χ0) is 27.6. The minimum absolute atomic E-state index is 0.243. The molecule has 3 aromatic carbocycles. The number of urea groups is 1. The van der Waals surface area contributed by atoms with E-state index in [9.17, 15) is 4.79 Å². The Hall–Kier alpha value is -4.98. The SMILES string of the molecule is CCc1nn(-c2ccccc2)c2c1CN(C(=O)Nc1ccccc1OC)[C@H](c1cccc(OC)c1)c1cccn1-2. The van der Waals surface area contributed by atoms with Crippen molar-refractivity contribution in [2.45, 2.75) is 25.9 Å². The third-order valence-electron chi connectivity index (χ3n) is 7.32. The molecule has 8 heteroatoms. The molecule has 0 bridgehead atoms. The van der Waals surface area contributed by atoms with Crippen molar-refractivity contribution in [2.75, 3.05) is 19.5 Å². The Labute approximate surface area is 233 Å². The molecule has 1 aliphatic heterocycles. The van der Waals surface area contributed by atoms with E-state index in [-0.39, 0.29) is 6.03 Å². The van der Waals surface area contributed by atoms with Gasteiger partial charge in [-0.05, 0) is 60.5 Å². The summed E-state index contributed by atoms with van der Waals surface area (Å²) in [5.74, 6) is 2.26. The van der Waals surface area contributed by atoms with Crippen LogP contribution in [0.1, 0.15) is 35.5 Å². The number of nitrogens with one attached hydrogen (secondary N) is 1. The Morgan fingerprint density at radius 2 is 1.75 bits per heavy atom. The van der Waals surface area contributed by atoms with E-state index in [1.165, 1.54) is 0 Å². The fourth-order valence-corrected chi connectivity index (χ4v) is 5.45. The molecule has 6 rings (SSSR count). The fraction of sp³-hybridized carbons (Fsp3) is 0.188. The molecule has 0 saturated carbocycles. The van der Waals surface area contributed by atoms with Gasteiger partial charge in [-0.1, -0.05) is 49.4 Å². The van der Waals surface area contributed by atoms with Gasteiger partial charge in [-0.15, -0.1) is 0 Å². The van der Waals surface area contributed by atoms with Gasteiger partial charge < -0.3 is 24.3 Å². The molecule has 202 valence electrons. The highest BCUT2D eigenvalue weighted by Gasteiger charge is 2.36. The van der Waals surface area contributed by atoms with Crippen LogP contribution >= 0.6 is 0 Å². The van der Waals surface area contributed by atoms with E-state index in [0.29, 0.717) is 18.0 Å². The molecule has 3 heterocycles. The molecule has 0 spiro atoms. The number of methoxy groups -OCH3 is 2. The summed E-state index contributed by atoms with van der Waals surface area (Å²) in [6.45, 7) is 2.45. The Kier molecular flexibility index (Phi) is 6.74. The highest BCUT2D eigenvalue weighted by Crippen LogP contribution is 2.40. The Balaban J connectivity index is 1.56. The van der Waals surface area contributed by atoms with Crippen LogP contribution in [0.15, 0.2) is 97.2 Å². The predicted octanol–water partition coefficient (Wildman–Crippen LogP) is 6.38. The number of hydrogen-bond acceptors (Lipinski definition) is 4. The minimum atomic E-state index is -0.402. The topological polar surface area (TPSA) is 73.6 Å². The second-order valence-electron chi connectivity index (χ2n) is 9.59. The molecule has 5 aromatic rings. The van der Waals surface area contributed by atoms with Gasteiger partial charge in [0.1, 0.15) is 17.3 Å². The molecule has 1 N–H and O–H groups in total. The summed E-state index contributed by atoms with van der Waals surface area (Å²) in [7, 11) is 3.25. The van der Waals surface area contributed by atoms with Crippen molar-refractivity contribution in [2.24, 2.45) is 0 Å². The second-order valence-corrected chi connectivity index (χ2v) is 9.59. The zero-order valence-corrected chi connectivity index (χ0v) is 22.7. The first-order chi connectivity index (χ1) is 19.6. The molecule has 2 aromatic heterocycles. The van der Waals surface area contributed by atoms with Gasteiger partial charge in [-0.2, -0.15) is 5.10 Å². The van der Waals surface area contributed by atoms with Crippen molar-refractivity contribution < 1.29 is 14.3 Å². The summed E-state index contributed by atoms with van der Waals surface area (Å²) < 4.78 is 15.2. The normalized spacial score (nSPS) is 14.2. The minimum Gasteiger partial charge on any atom is -0.497 e. The highest BCUT2D eigenvalue weighted by atomic mass is 16.5. The molecule has 40 heavy (non-hydrogen) atoms. The van der Waals surface area contributed by atoms with Crippen LogP contribution in [0.2, 0.25) is 0 Å². The Morgan fingerprint density at radius 1 is 0.950 bits per heavy atom. The summed E-state index contributed by atoms with van der Waals surface area (Å²) in [5, 5.41) is 8.14. The number of ether oxygens (including phenoxy) is 2. The maximum absolute atomic E-state index is 14.2. The zero-order valence-electron chi connectivity index (χ0n) is 22.7. The number of fused-ring (bicyclic) bond motifs is 3. The second kappa shape index (κ2) is 10.6. The lowest BCUT2D eigenvalue weighted by molar-refractivity contribution is 0.194. The van der Waals surface area contributed by atoms with E-state index in [1.807, 2.05) is 101 Å². The number of aryl methyl sites for hydroxylation is 1. The number of carbonyl (C=O) groups excluding carboxylic acids is 1. The van der Waals surface area contributed by atoms with Gasteiger partial charge in [0.15, 0.2) is 0 Å². The van der Waals surface area contributed by atoms with Crippen molar-refractivity contribution in [1.29, 1.82) is 0 Å². The summed E-state index contributed by atoms with van der Waals surface area (Å²) in [5.41, 5.74) is 5.40. The lowest BCUT2D eigenvalue weighted by atomic mass is 10.0. The molecule has 0 saturated heterocycles. The smallest absolute Gasteiger partial charge is 0.323 e. The first-order valence-electron chi connectivity index (χ1n) is 13.3. The molecule has 1 aliphatic rings. The van der Waals surface area contributed by atoms with Crippen molar-refractivity contribution in [3.63, 3.8) is 0 Å². The lowest BCUT2D eigenvalue weighted by Gasteiger charge is -2.31. The summed E-state index contributed by atoms with van der Waals surface area (Å²) in [4.78, 5) is 16.1. The molecule has 0 fully saturated rings. The number of rotatable bonds is 6. The van der Waals surface area contributed by atoms with Gasteiger partial charge in [0.05, 0.1) is 49.6 Å². The first kappa shape index (κ1) is 25.3. The van der Waals surface area contributed by atoms with Crippen LogP contribution in [0.4, 0.5) is 10.5 Å². The largest absolute Gasteiger partial charge is 0.497 e. The van der Waals surface area contributed by atoms with E-state index < -0.39 is 6.04 Å². The van der Waals surface area contributed by atoms with Crippen LogP contribution in [-0.2, 0) is 13.0 Å². The lowest BCUT2D eigenvalue weighted by Crippen LogP contribution is -2.38. The van der Waals surface area contributed by atoms with Gasteiger partial charge >= 0.3 is 6.03 Å².